The summed E-state index contributed by atoms with van der Waals surface area (Å²) in [6, 6.07) is 4.08. The fraction of sp³-hybridized carbons (Fsp3) is 0.500. The molecule has 0 saturated carbocycles. The normalized spacial score (nSPS) is 9.71. The van der Waals surface area contributed by atoms with Gasteiger partial charge < -0.3 is 5.32 Å². The Morgan fingerprint density at radius 2 is 2.21 bits per heavy atom. The first-order valence-corrected chi connectivity index (χ1v) is 5.48. The number of nitrogens with zero attached hydrogens (tertiary/aromatic N) is 1. The average Bonchev–Trinajstić information content (AvgIpc) is 2.15. The van der Waals surface area contributed by atoms with Gasteiger partial charge in [-0.25, -0.2) is 4.98 Å². The maximum Gasteiger partial charge on any atom is 0.139 e. The van der Waals surface area contributed by atoms with Gasteiger partial charge in [0.2, 0.25) is 0 Å². The van der Waals surface area contributed by atoms with E-state index in [1.807, 2.05) is 31.1 Å². The van der Waals surface area contributed by atoms with Crippen molar-refractivity contribution in [3.05, 3.63) is 18.3 Å². The van der Waals surface area contributed by atoms with E-state index in [-0.39, 0.29) is 12.4 Å². The standard InChI is InChI=1S/C10H16N2S.ClH/c1-8(2)7-13-9-5-4-6-12-10(9)11-3;/h4-6,8H,7H2,1-3H3,(H,11,12);1H. The molecule has 1 heterocycles. The van der Waals surface area contributed by atoms with Gasteiger partial charge in [0.25, 0.3) is 0 Å². The predicted molar refractivity (Wildman–Crippen MR) is 66.6 cm³/mol. The highest BCUT2D eigenvalue weighted by molar-refractivity contribution is 7.99. The number of hydrogen-bond donors (Lipinski definition) is 1. The summed E-state index contributed by atoms with van der Waals surface area (Å²) in [7, 11) is 1.90. The van der Waals surface area contributed by atoms with Gasteiger partial charge in [0, 0.05) is 23.9 Å². The first kappa shape index (κ1) is 13.6. The highest BCUT2D eigenvalue weighted by atomic mass is 35.5. The summed E-state index contributed by atoms with van der Waals surface area (Å²) in [5, 5.41) is 3.09. The van der Waals surface area contributed by atoms with Crippen LogP contribution in [0.3, 0.4) is 0 Å². The minimum atomic E-state index is 0. The summed E-state index contributed by atoms with van der Waals surface area (Å²) in [6.07, 6.45) is 1.81. The van der Waals surface area contributed by atoms with E-state index in [2.05, 4.69) is 30.2 Å². The largest absolute Gasteiger partial charge is 0.372 e. The minimum Gasteiger partial charge on any atom is -0.372 e. The Hall–Kier alpha value is -0.410. The van der Waals surface area contributed by atoms with E-state index in [9.17, 15) is 0 Å². The molecule has 0 aromatic carbocycles. The lowest BCUT2D eigenvalue weighted by Crippen LogP contribution is -1.96. The van der Waals surface area contributed by atoms with Crippen LogP contribution in [0.1, 0.15) is 13.8 Å². The van der Waals surface area contributed by atoms with Gasteiger partial charge in [0.1, 0.15) is 5.82 Å². The molecule has 0 amide bonds. The Balaban J connectivity index is 0.00000169. The Kier molecular flexibility index (Phi) is 6.75. The van der Waals surface area contributed by atoms with Crippen molar-refractivity contribution in [1.29, 1.82) is 0 Å². The summed E-state index contributed by atoms with van der Waals surface area (Å²) >= 11 is 1.85. The molecule has 4 heteroatoms. The SMILES string of the molecule is CNc1ncccc1SCC(C)C.Cl. The zero-order chi connectivity index (χ0) is 9.68. The van der Waals surface area contributed by atoms with Gasteiger partial charge in [-0.2, -0.15) is 0 Å². The fourth-order valence-electron chi connectivity index (χ4n) is 0.951. The average molecular weight is 233 g/mol. The molecule has 0 saturated heterocycles. The molecule has 0 radical (unpaired) electrons. The number of nitrogens with one attached hydrogen (secondary N) is 1. The van der Waals surface area contributed by atoms with Crippen LogP contribution in [-0.2, 0) is 0 Å². The third-order valence-electron chi connectivity index (χ3n) is 1.58. The third kappa shape index (κ3) is 4.20. The van der Waals surface area contributed by atoms with Gasteiger partial charge in [-0.3, -0.25) is 0 Å². The van der Waals surface area contributed by atoms with Crippen molar-refractivity contribution < 1.29 is 0 Å². The van der Waals surface area contributed by atoms with E-state index in [0.717, 1.165) is 17.5 Å². The zero-order valence-corrected chi connectivity index (χ0v) is 10.4. The van der Waals surface area contributed by atoms with Gasteiger partial charge in [0.15, 0.2) is 0 Å². The molecular formula is C10H17ClN2S. The van der Waals surface area contributed by atoms with Gasteiger partial charge in [-0.1, -0.05) is 13.8 Å². The number of hydrogen-bond acceptors (Lipinski definition) is 3. The molecule has 0 fully saturated rings. The number of pyridine rings is 1. The Bertz CT molecular complexity index is 266. The van der Waals surface area contributed by atoms with Crippen LogP contribution in [0.5, 0.6) is 0 Å². The van der Waals surface area contributed by atoms with E-state index in [1.165, 1.54) is 4.90 Å². The van der Waals surface area contributed by atoms with Crippen LogP contribution in [-0.4, -0.2) is 17.8 Å². The van der Waals surface area contributed by atoms with Gasteiger partial charge in [-0.05, 0) is 18.1 Å². The van der Waals surface area contributed by atoms with Crippen LogP contribution in [0.15, 0.2) is 23.2 Å². The molecule has 1 aromatic heterocycles. The van der Waals surface area contributed by atoms with Crippen molar-refractivity contribution in [3.63, 3.8) is 0 Å². The van der Waals surface area contributed by atoms with E-state index < -0.39 is 0 Å². The minimum absolute atomic E-state index is 0. The number of anilines is 1. The van der Waals surface area contributed by atoms with Gasteiger partial charge >= 0.3 is 0 Å². The molecule has 0 atom stereocenters. The van der Waals surface area contributed by atoms with Crippen molar-refractivity contribution in [2.75, 3.05) is 18.1 Å². The van der Waals surface area contributed by atoms with Crippen LogP contribution in [0.25, 0.3) is 0 Å². The molecule has 14 heavy (non-hydrogen) atoms. The Morgan fingerprint density at radius 1 is 1.50 bits per heavy atom. The van der Waals surface area contributed by atoms with Crippen LogP contribution in [0.2, 0.25) is 0 Å². The monoisotopic (exact) mass is 232 g/mol. The summed E-state index contributed by atoms with van der Waals surface area (Å²) in [4.78, 5) is 5.48. The molecule has 80 valence electrons. The highest BCUT2D eigenvalue weighted by Gasteiger charge is 2.02. The molecular weight excluding hydrogens is 216 g/mol. The lowest BCUT2D eigenvalue weighted by atomic mass is 10.3. The molecule has 1 N–H and O–H groups in total. The summed E-state index contributed by atoms with van der Waals surface area (Å²) in [5.41, 5.74) is 0. The Labute approximate surface area is 96.3 Å². The number of rotatable bonds is 4. The molecule has 0 aliphatic rings. The predicted octanol–water partition coefficient (Wildman–Crippen LogP) is 3.29. The second-order valence-electron chi connectivity index (χ2n) is 3.30. The fourth-order valence-corrected chi connectivity index (χ4v) is 1.93. The van der Waals surface area contributed by atoms with Crippen LogP contribution in [0, 0.1) is 5.92 Å². The maximum atomic E-state index is 4.24. The van der Waals surface area contributed by atoms with Crippen molar-refractivity contribution in [2.45, 2.75) is 18.7 Å². The molecule has 0 aliphatic carbocycles. The summed E-state index contributed by atoms with van der Waals surface area (Å²) in [6.45, 7) is 4.45. The van der Waals surface area contributed by atoms with Crippen LogP contribution >= 0.6 is 24.2 Å². The van der Waals surface area contributed by atoms with Crippen molar-refractivity contribution in [2.24, 2.45) is 5.92 Å². The second kappa shape index (κ2) is 6.96. The number of thioether (sulfide) groups is 1. The molecule has 0 bridgehead atoms. The summed E-state index contributed by atoms with van der Waals surface area (Å²) in [5.74, 6) is 2.84. The lowest BCUT2D eigenvalue weighted by molar-refractivity contribution is 0.750. The first-order valence-electron chi connectivity index (χ1n) is 4.49. The molecule has 0 aliphatic heterocycles. The highest BCUT2D eigenvalue weighted by Crippen LogP contribution is 2.25. The first-order chi connectivity index (χ1) is 6.24. The number of aromatic nitrogens is 1. The smallest absolute Gasteiger partial charge is 0.139 e. The molecule has 0 spiro atoms. The van der Waals surface area contributed by atoms with Gasteiger partial charge in [0.05, 0.1) is 0 Å². The molecule has 1 aromatic rings. The van der Waals surface area contributed by atoms with E-state index in [4.69, 9.17) is 0 Å². The van der Waals surface area contributed by atoms with Crippen LogP contribution < -0.4 is 5.32 Å². The van der Waals surface area contributed by atoms with Crippen molar-refractivity contribution in [3.8, 4) is 0 Å². The quantitative estimate of drug-likeness (QED) is 0.807. The third-order valence-corrected chi connectivity index (χ3v) is 3.05. The van der Waals surface area contributed by atoms with Crippen molar-refractivity contribution >= 4 is 30.0 Å². The van der Waals surface area contributed by atoms with E-state index in [1.54, 1.807) is 0 Å². The van der Waals surface area contributed by atoms with E-state index >= 15 is 0 Å². The topological polar surface area (TPSA) is 24.9 Å². The number of halogens is 1. The molecule has 0 unspecified atom stereocenters. The Morgan fingerprint density at radius 3 is 2.79 bits per heavy atom. The second-order valence-corrected chi connectivity index (χ2v) is 4.37. The van der Waals surface area contributed by atoms with Crippen LogP contribution in [0.4, 0.5) is 5.82 Å². The molecule has 2 nitrogen and oxygen atoms in total. The molecule has 1 rings (SSSR count). The lowest BCUT2D eigenvalue weighted by Gasteiger charge is -2.08. The van der Waals surface area contributed by atoms with Crippen molar-refractivity contribution in [1.82, 2.24) is 4.98 Å². The zero-order valence-electron chi connectivity index (χ0n) is 8.78. The van der Waals surface area contributed by atoms with Gasteiger partial charge in [-0.15, -0.1) is 24.2 Å². The maximum absolute atomic E-state index is 4.24. The van der Waals surface area contributed by atoms with E-state index in [0.29, 0.717) is 0 Å². The summed E-state index contributed by atoms with van der Waals surface area (Å²) < 4.78 is 0.